The topological polar surface area (TPSA) is 69.4 Å². The standard InChI is InChI=1S/C32H36ClF2N7O2/c1-5-39(6-2)16-17-44-32-37-26-20-40(27-9-7-8-22-10-11-25(35)29(33)28(22)27)13-12-24(26)30(38-32)41-14-15-42(31(43)21(3)34)23(19-41)18-36-4/h7-11,23H,3,5-6,12-20H2,1-2H3/t23-/m0/s1. The number of fused-ring (bicyclic) bond motifs is 2. The van der Waals surface area contributed by atoms with Crippen molar-refractivity contribution in [3.05, 3.63) is 76.3 Å². The molecule has 0 saturated carbocycles. The summed E-state index contributed by atoms with van der Waals surface area (Å²) in [6.45, 7) is 19.7. The number of carbonyl (C=O) groups is 1. The molecule has 0 aliphatic carbocycles. The van der Waals surface area contributed by atoms with Crippen molar-refractivity contribution in [3.8, 4) is 6.01 Å². The fourth-order valence-corrected chi connectivity index (χ4v) is 6.28. The van der Waals surface area contributed by atoms with Crippen molar-refractivity contribution in [3.63, 3.8) is 0 Å². The SMILES string of the molecule is [C-]#[N+]C[C@H]1CN(c2nc(OCCN(CC)CC)nc3c2CCN(c2cccc4ccc(F)c(Cl)c24)C3)CCN1C(=O)C(=C)F. The minimum atomic E-state index is -1.04. The summed E-state index contributed by atoms with van der Waals surface area (Å²) in [7, 11) is 0. The number of rotatable bonds is 10. The molecule has 3 aromatic rings. The molecule has 1 amide bonds. The third-order valence-corrected chi connectivity index (χ3v) is 8.76. The number of aromatic nitrogens is 2. The van der Waals surface area contributed by atoms with Gasteiger partial charge in [0, 0.05) is 49.4 Å². The van der Waals surface area contributed by atoms with E-state index in [9.17, 15) is 13.6 Å². The normalized spacial score (nSPS) is 16.7. The maximum Gasteiger partial charge on any atom is 0.318 e. The summed E-state index contributed by atoms with van der Waals surface area (Å²) in [6, 6.07) is 8.60. The summed E-state index contributed by atoms with van der Waals surface area (Å²) < 4.78 is 34.4. The Hall–Kier alpha value is -4.01. The maximum absolute atomic E-state index is 14.5. The first-order valence-electron chi connectivity index (χ1n) is 14.9. The molecule has 1 aromatic heterocycles. The van der Waals surface area contributed by atoms with Crippen LogP contribution in [0.15, 0.2) is 42.7 Å². The van der Waals surface area contributed by atoms with Crippen LogP contribution in [0.5, 0.6) is 6.01 Å². The highest BCUT2D eigenvalue weighted by Crippen LogP contribution is 2.38. The van der Waals surface area contributed by atoms with Crippen LogP contribution in [0.1, 0.15) is 25.1 Å². The lowest BCUT2D eigenvalue weighted by Gasteiger charge is -2.41. The second kappa shape index (κ2) is 13.7. The lowest BCUT2D eigenvalue weighted by molar-refractivity contribution is -0.131. The van der Waals surface area contributed by atoms with Gasteiger partial charge in [-0.05, 0) is 37.0 Å². The monoisotopic (exact) mass is 623 g/mol. The van der Waals surface area contributed by atoms with Gasteiger partial charge >= 0.3 is 6.01 Å². The molecule has 2 aliphatic heterocycles. The van der Waals surface area contributed by atoms with Crippen LogP contribution in [-0.2, 0) is 17.8 Å². The first-order valence-corrected chi connectivity index (χ1v) is 15.2. The lowest BCUT2D eigenvalue weighted by atomic mass is 10.0. The van der Waals surface area contributed by atoms with Gasteiger partial charge in [0.1, 0.15) is 24.3 Å². The van der Waals surface area contributed by atoms with Crippen LogP contribution in [0, 0.1) is 12.4 Å². The number of anilines is 2. The van der Waals surface area contributed by atoms with Crippen molar-refractivity contribution in [2.75, 3.05) is 68.8 Å². The fraction of sp³-hybridized carbons (Fsp3) is 0.438. The highest BCUT2D eigenvalue weighted by molar-refractivity contribution is 6.36. The summed E-state index contributed by atoms with van der Waals surface area (Å²) in [5, 5.41) is 1.58. The number of hydrogen-bond acceptors (Lipinski definition) is 7. The molecular formula is C32H36ClF2N7O2. The van der Waals surface area contributed by atoms with Crippen LogP contribution < -0.4 is 14.5 Å². The lowest BCUT2D eigenvalue weighted by Crippen LogP contribution is -2.57. The first-order chi connectivity index (χ1) is 21.2. The third-order valence-electron chi connectivity index (χ3n) is 8.39. The van der Waals surface area contributed by atoms with Crippen molar-refractivity contribution in [2.24, 2.45) is 0 Å². The van der Waals surface area contributed by atoms with E-state index in [1.165, 1.54) is 11.0 Å². The van der Waals surface area contributed by atoms with Crippen LogP contribution in [0.4, 0.5) is 20.3 Å². The summed E-state index contributed by atoms with van der Waals surface area (Å²) in [4.78, 5) is 33.5. The van der Waals surface area contributed by atoms with Gasteiger partial charge in [-0.25, -0.2) is 15.4 Å². The molecule has 0 bridgehead atoms. The van der Waals surface area contributed by atoms with E-state index in [0.29, 0.717) is 50.4 Å². The van der Waals surface area contributed by atoms with Crippen LogP contribution in [0.3, 0.4) is 0 Å². The predicted octanol–water partition coefficient (Wildman–Crippen LogP) is 5.13. The van der Waals surface area contributed by atoms with E-state index in [4.69, 9.17) is 32.9 Å². The highest BCUT2D eigenvalue weighted by Gasteiger charge is 2.36. The Morgan fingerprint density at radius 1 is 1.18 bits per heavy atom. The van der Waals surface area contributed by atoms with Gasteiger partial charge in [0.2, 0.25) is 6.54 Å². The van der Waals surface area contributed by atoms with Gasteiger partial charge in [0.05, 0.1) is 17.3 Å². The van der Waals surface area contributed by atoms with Gasteiger partial charge in [-0.1, -0.05) is 50.2 Å². The van der Waals surface area contributed by atoms with E-state index in [-0.39, 0.29) is 24.1 Å². The molecule has 44 heavy (non-hydrogen) atoms. The van der Waals surface area contributed by atoms with E-state index < -0.39 is 23.6 Å². The first kappa shape index (κ1) is 31.4. The molecule has 0 spiro atoms. The molecular weight excluding hydrogens is 588 g/mol. The van der Waals surface area contributed by atoms with Crippen molar-refractivity contribution in [1.82, 2.24) is 19.8 Å². The number of nitrogens with zero attached hydrogens (tertiary/aromatic N) is 7. The van der Waals surface area contributed by atoms with E-state index in [2.05, 4.69) is 35.1 Å². The zero-order valence-corrected chi connectivity index (χ0v) is 25.8. The summed E-state index contributed by atoms with van der Waals surface area (Å²) in [5.41, 5.74) is 2.55. The largest absolute Gasteiger partial charge is 0.462 e. The zero-order valence-electron chi connectivity index (χ0n) is 25.0. The molecule has 1 saturated heterocycles. The minimum absolute atomic E-state index is 0.0300. The Kier molecular flexibility index (Phi) is 9.81. The van der Waals surface area contributed by atoms with Gasteiger partial charge in [0.25, 0.3) is 5.91 Å². The number of piperazine rings is 1. The molecule has 2 aliphatic rings. The predicted molar refractivity (Wildman–Crippen MR) is 168 cm³/mol. The quantitative estimate of drug-likeness (QED) is 0.229. The van der Waals surface area contributed by atoms with E-state index in [1.807, 2.05) is 23.1 Å². The Labute approximate surface area is 261 Å². The smallest absolute Gasteiger partial charge is 0.318 e. The number of benzene rings is 2. The Morgan fingerprint density at radius 2 is 1.98 bits per heavy atom. The van der Waals surface area contributed by atoms with E-state index in [1.54, 1.807) is 6.07 Å². The van der Waals surface area contributed by atoms with Gasteiger partial charge in [-0.15, -0.1) is 0 Å². The summed E-state index contributed by atoms with van der Waals surface area (Å²) >= 11 is 6.47. The number of likely N-dealkylation sites (N-methyl/N-ethyl adjacent to an activating group) is 1. The summed E-state index contributed by atoms with van der Waals surface area (Å²) in [6.07, 6.45) is 0.599. The second-order valence-corrected chi connectivity index (χ2v) is 11.3. The molecule has 12 heteroatoms. The van der Waals surface area contributed by atoms with Crippen molar-refractivity contribution in [2.45, 2.75) is 32.9 Å². The fourth-order valence-electron chi connectivity index (χ4n) is 6.01. The number of amides is 1. The Bertz CT molecular complexity index is 1590. The number of hydrogen-bond donors (Lipinski definition) is 0. The number of ether oxygens (including phenoxy) is 1. The molecule has 1 fully saturated rings. The third kappa shape index (κ3) is 6.42. The minimum Gasteiger partial charge on any atom is -0.462 e. The molecule has 3 heterocycles. The van der Waals surface area contributed by atoms with Crippen LogP contribution in [0.25, 0.3) is 15.6 Å². The van der Waals surface area contributed by atoms with Crippen LogP contribution in [0.2, 0.25) is 5.02 Å². The second-order valence-electron chi connectivity index (χ2n) is 10.9. The van der Waals surface area contributed by atoms with Crippen molar-refractivity contribution >= 4 is 39.8 Å². The molecule has 2 aromatic carbocycles. The maximum atomic E-state index is 14.5. The number of halogens is 3. The molecule has 9 nitrogen and oxygen atoms in total. The molecule has 232 valence electrons. The van der Waals surface area contributed by atoms with Crippen molar-refractivity contribution in [1.29, 1.82) is 0 Å². The van der Waals surface area contributed by atoms with Gasteiger partial charge in [-0.2, -0.15) is 9.97 Å². The average Bonchev–Trinajstić information content (AvgIpc) is 3.03. The van der Waals surface area contributed by atoms with Crippen LogP contribution in [-0.4, -0.2) is 90.7 Å². The Balaban J connectivity index is 1.49. The molecule has 0 radical (unpaired) electrons. The zero-order chi connectivity index (χ0) is 31.4. The van der Waals surface area contributed by atoms with E-state index in [0.717, 1.165) is 42.0 Å². The highest BCUT2D eigenvalue weighted by atomic mass is 35.5. The summed E-state index contributed by atoms with van der Waals surface area (Å²) in [5.74, 6) is -1.61. The van der Waals surface area contributed by atoms with Crippen LogP contribution >= 0.6 is 11.6 Å². The Morgan fingerprint density at radius 3 is 2.70 bits per heavy atom. The van der Waals surface area contributed by atoms with Gasteiger partial charge in [-0.3, -0.25) is 4.79 Å². The molecule has 5 rings (SSSR count). The molecule has 0 N–H and O–H groups in total. The van der Waals surface area contributed by atoms with Crippen molar-refractivity contribution < 1.29 is 18.3 Å². The van der Waals surface area contributed by atoms with E-state index >= 15 is 0 Å². The molecule has 1 atom stereocenters. The van der Waals surface area contributed by atoms with Gasteiger partial charge in [0.15, 0.2) is 5.83 Å². The van der Waals surface area contributed by atoms with Gasteiger partial charge < -0.3 is 29.2 Å². The average molecular weight is 624 g/mol. The molecule has 0 unspecified atom stereocenters. The number of carbonyl (C=O) groups excluding carboxylic acids is 1.